The topological polar surface area (TPSA) is 12.5 Å². The van der Waals surface area contributed by atoms with Crippen LogP contribution in [0.3, 0.4) is 0 Å². The molecule has 0 aliphatic carbocycles. The fraction of sp³-hybridized carbons (Fsp3) is 0.636. The molecule has 170 valence electrons. The van der Waals surface area contributed by atoms with E-state index < -0.39 is 29.6 Å². The van der Waals surface area contributed by atoms with Crippen molar-refractivity contribution in [2.24, 2.45) is 5.41 Å². The zero-order valence-electron chi connectivity index (χ0n) is 17.8. The highest BCUT2D eigenvalue weighted by Crippen LogP contribution is 2.41. The lowest BCUT2D eigenvalue weighted by molar-refractivity contribution is -0.143. The van der Waals surface area contributed by atoms with Gasteiger partial charge in [0.1, 0.15) is 0 Å². The highest BCUT2D eigenvalue weighted by atomic mass is 19.4. The number of alkyl halides is 6. The minimum Gasteiger partial charge on any atom is -0.372 e. The van der Waals surface area contributed by atoms with Crippen molar-refractivity contribution in [3.63, 3.8) is 0 Å². The molecule has 2 rings (SSSR count). The summed E-state index contributed by atoms with van der Waals surface area (Å²) >= 11 is 0. The summed E-state index contributed by atoms with van der Waals surface area (Å²) in [5, 5.41) is 0. The van der Waals surface area contributed by atoms with Gasteiger partial charge in [-0.1, -0.05) is 13.0 Å². The summed E-state index contributed by atoms with van der Waals surface area (Å²) in [6, 6.07) is 1.59. The van der Waals surface area contributed by atoms with Gasteiger partial charge < -0.3 is 4.74 Å². The number of allylic oxidation sites excluding steroid dienone is 1. The molecule has 0 spiro atoms. The molecule has 1 heterocycles. The number of piperidine rings is 1. The predicted molar refractivity (Wildman–Crippen MR) is 104 cm³/mol. The standard InChI is InChI=1S/C22H29F6NO/c1-6-7-19(3)8-9-20(4,29(5)13-19)14-30-15(2)16-10-17(21(23,24)25)12-18(11-16)22(26,27)28/h6,10-12,15H,1,7-9,13-14H2,2-5H3. The summed E-state index contributed by atoms with van der Waals surface area (Å²) in [6.45, 7) is 10.5. The van der Waals surface area contributed by atoms with Gasteiger partial charge in [0.25, 0.3) is 0 Å². The highest BCUT2D eigenvalue weighted by molar-refractivity contribution is 5.34. The zero-order chi connectivity index (χ0) is 23.0. The minimum atomic E-state index is -4.87. The summed E-state index contributed by atoms with van der Waals surface area (Å²) < 4.78 is 84.4. The number of likely N-dealkylation sites (N-methyl/N-ethyl adjacent to an activating group) is 1. The van der Waals surface area contributed by atoms with E-state index in [4.69, 9.17) is 4.74 Å². The Kier molecular flexibility index (Phi) is 7.04. The number of benzene rings is 1. The van der Waals surface area contributed by atoms with E-state index in [1.807, 2.05) is 20.0 Å². The molecule has 3 unspecified atom stereocenters. The maximum atomic E-state index is 13.1. The first-order valence-corrected chi connectivity index (χ1v) is 9.83. The molecule has 1 aromatic rings. The van der Waals surface area contributed by atoms with Gasteiger partial charge in [0.05, 0.1) is 23.8 Å². The van der Waals surface area contributed by atoms with Crippen molar-refractivity contribution in [3.8, 4) is 0 Å². The fourth-order valence-electron chi connectivity index (χ4n) is 3.92. The maximum Gasteiger partial charge on any atom is 0.416 e. The number of nitrogens with zero attached hydrogens (tertiary/aromatic N) is 1. The second-order valence-electron chi connectivity index (χ2n) is 8.95. The van der Waals surface area contributed by atoms with Gasteiger partial charge in [-0.15, -0.1) is 6.58 Å². The van der Waals surface area contributed by atoms with Crippen LogP contribution in [0.5, 0.6) is 0 Å². The van der Waals surface area contributed by atoms with E-state index >= 15 is 0 Å². The Morgan fingerprint density at radius 2 is 1.60 bits per heavy atom. The van der Waals surface area contributed by atoms with E-state index in [-0.39, 0.29) is 29.2 Å². The Balaban J connectivity index is 2.18. The first-order valence-electron chi connectivity index (χ1n) is 9.83. The smallest absolute Gasteiger partial charge is 0.372 e. The summed E-state index contributed by atoms with van der Waals surface area (Å²) in [6.07, 6.45) is -6.17. The van der Waals surface area contributed by atoms with Gasteiger partial charge in [-0.25, -0.2) is 0 Å². The van der Waals surface area contributed by atoms with Gasteiger partial charge in [-0.3, -0.25) is 4.90 Å². The van der Waals surface area contributed by atoms with Crippen LogP contribution in [0.1, 0.15) is 62.8 Å². The molecule has 0 bridgehead atoms. The Labute approximate surface area is 173 Å². The molecule has 0 aromatic heterocycles. The Hall–Kier alpha value is -1.54. The van der Waals surface area contributed by atoms with Gasteiger partial charge in [-0.05, 0) is 69.3 Å². The SMILES string of the molecule is C=CCC1(C)CCC(C)(COC(C)c2cc(C(F)(F)F)cc(C(F)(F)F)c2)N(C)C1. The monoisotopic (exact) mass is 437 g/mol. The summed E-state index contributed by atoms with van der Waals surface area (Å²) in [5.41, 5.74) is -3.07. The Morgan fingerprint density at radius 3 is 2.03 bits per heavy atom. The van der Waals surface area contributed by atoms with Gasteiger partial charge in [0, 0.05) is 12.1 Å². The van der Waals surface area contributed by atoms with Crippen LogP contribution in [0.4, 0.5) is 26.3 Å². The summed E-state index contributed by atoms with van der Waals surface area (Å²) in [5.74, 6) is 0. The largest absolute Gasteiger partial charge is 0.416 e. The minimum absolute atomic E-state index is 0.0876. The van der Waals surface area contributed by atoms with Crippen molar-refractivity contribution in [1.82, 2.24) is 4.90 Å². The number of hydrogen-bond acceptors (Lipinski definition) is 2. The second kappa shape index (κ2) is 8.54. The van der Waals surface area contributed by atoms with E-state index in [1.165, 1.54) is 6.92 Å². The third-order valence-electron chi connectivity index (χ3n) is 6.17. The van der Waals surface area contributed by atoms with Crippen molar-refractivity contribution in [3.05, 3.63) is 47.5 Å². The van der Waals surface area contributed by atoms with E-state index in [0.29, 0.717) is 0 Å². The average molecular weight is 437 g/mol. The first kappa shape index (κ1) is 24.7. The van der Waals surface area contributed by atoms with Crippen LogP contribution in [-0.2, 0) is 17.1 Å². The lowest BCUT2D eigenvalue weighted by Crippen LogP contribution is -2.55. The first-order chi connectivity index (χ1) is 13.6. The zero-order valence-corrected chi connectivity index (χ0v) is 17.8. The van der Waals surface area contributed by atoms with Gasteiger partial charge in [0.2, 0.25) is 0 Å². The number of halogens is 6. The maximum absolute atomic E-state index is 13.1. The quantitative estimate of drug-likeness (QED) is 0.356. The van der Waals surface area contributed by atoms with Crippen molar-refractivity contribution in [1.29, 1.82) is 0 Å². The molecule has 1 saturated heterocycles. The third kappa shape index (κ3) is 5.78. The molecule has 1 aliphatic heterocycles. The Morgan fingerprint density at radius 1 is 1.07 bits per heavy atom. The number of rotatable bonds is 6. The second-order valence-corrected chi connectivity index (χ2v) is 8.95. The lowest BCUT2D eigenvalue weighted by atomic mass is 9.73. The molecule has 1 fully saturated rings. The van der Waals surface area contributed by atoms with Crippen molar-refractivity contribution >= 4 is 0 Å². The van der Waals surface area contributed by atoms with Crippen LogP contribution in [0.25, 0.3) is 0 Å². The fourth-order valence-corrected chi connectivity index (χ4v) is 3.92. The van der Waals surface area contributed by atoms with Gasteiger partial charge in [0.15, 0.2) is 0 Å². The molecule has 30 heavy (non-hydrogen) atoms. The van der Waals surface area contributed by atoms with E-state index in [2.05, 4.69) is 18.4 Å². The Bertz CT molecular complexity index is 727. The molecular weight excluding hydrogens is 408 g/mol. The molecule has 0 N–H and O–H groups in total. The summed E-state index contributed by atoms with van der Waals surface area (Å²) in [4.78, 5) is 2.15. The normalized spacial score (nSPS) is 27.1. The van der Waals surface area contributed by atoms with Crippen molar-refractivity contribution in [2.75, 3.05) is 20.2 Å². The third-order valence-corrected chi connectivity index (χ3v) is 6.17. The molecule has 1 aliphatic rings. The van der Waals surface area contributed by atoms with Gasteiger partial charge >= 0.3 is 12.4 Å². The van der Waals surface area contributed by atoms with Crippen LogP contribution < -0.4 is 0 Å². The molecular formula is C22H29F6NO. The van der Waals surface area contributed by atoms with Crippen molar-refractivity contribution < 1.29 is 31.1 Å². The van der Waals surface area contributed by atoms with Crippen LogP contribution in [-0.4, -0.2) is 30.6 Å². The summed E-state index contributed by atoms with van der Waals surface area (Å²) in [7, 11) is 1.96. The molecule has 2 nitrogen and oxygen atoms in total. The molecule has 0 amide bonds. The number of ether oxygens (including phenoxy) is 1. The molecule has 3 atom stereocenters. The molecule has 0 radical (unpaired) electrons. The van der Waals surface area contributed by atoms with Crippen LogP contribution in [0.15, 0.2) is 30.9 Å². The van der Waals surface area contributed by atoms with E-state index in [9.17, 15) is 26.3 Å². The van der Waals surface area contributed by atoms with Crippen LogP contribution in [0.2, 0.25) is 0 Å². The van der Waals surface area contributed by atoms with Crippen LogP contribution >= 0.6 is 0 Å². The highest BCUT2D eigenvalue weighted by Gasteiger charge is 2.41. The van der Waals surface area contributed by atoms with Crippen molar-refractivity contribution in [2.45, 2.75) is 64.0 Å². The van der Waals surface area contributed by atoms with Crippen LogP contribution in [0, 0.1) is 5.41 Å². The molecule has 8 heteroatoms. The lowest BCUT2D eigenvalue weighted by Gasteiger charge is -2.50. The average Bonchev–Trinajstić information content (AvgIpc) is 2.62. The van der Waals surface area contributed by atoms with E-state index in [1.54, 1.807) is 0 Å². The molecule has 0 saturated carbocycles. The number of likely N-dealkylation sites (tertiary alicyclic amines) is 1. The predicted octanol–water partition coefficient (Wildman–Crippen LogP) is 6.87. The van der Waals surface area contributed by atoms with E-state index in [0.717, 1.165) is 37.9 Å². The van der Waals surface area contributed by atoms with Gasteiger partial charge in [-0.2, -0.15) is 26.3 Å². The number of hydrogen-bond donors (Lipinski definition) is 0. The molecule has 1 aromatic carbocycles.